The lowest BCUT2D eigenvalue weighted by Gasteiger charge is -2.17. The lowest BCUT2D eigenvalue weighted by molar-refractivity contribution is 0.201. The molecule has 0 radical (unpaired) electrons. The van der Waals surface area contributed by atoms with Gasteiger partial charge in [-0.05, 0) is 6.92 Å². The maximum atomic E-state index is 11.2. The largest absolute Gasteiger partial charge is 0.392 e. The van der Waals surface area contributed by atoms with Crippen molar-refractivity contribution in [2.24, 2.45) is 0 Å². The van der Waals surface area contributed by atoms with Gasteiger partial charge < -0.3 is 15.0 Å². The first-order valence-electron chi connectivity index (χ1n) is 4.04. The topological polar surface area (TPSA) is 69.2 Å². The summed E-state index contributed by atoms with van der Waals surface area (Å²) < 4.78 is 0. The van der Waals surface area contributed by atoms with E-state index >= 15 is 0 Å². The van der Waals surface area contributed by atoms with Gasteiger partial charge in [-0.3, -0.25) is 4.79 Å². The monoisotopic (exact) mass is 183 g/mol. The summed E-state index contributed by atoms with van der Waals surface area (Å²) in [6.45, 7) is 2.05. The van der Waals surface area contributed by atoms with Crippen LogP contribution < -0.4 is 10.5 Å². The Morgan fingerprint density at radius 2 is 2.46 bits per heavy atom. The fourth-order valence-electron chi connectivity index (χ4n) is 1.10. The smallest absolute Gasteiger partial charge is 0.290 e. The van der Waals surface area contributed by atoms with Gasteiger partial charge in [-0.1, -0.05) is 0 Å². The molecule has 0 saturated carbocycles. The third-order valence-corrected chi connectivity index (χ3v) is 1.59. The minimum atomic E-state index is -0.480. The molecule has 5 heteroatoms. The van der Waals surface area contributed by atoms with Gasteiger partial charge in [0.1, 0.15) is 0 Å². The van der Waals surface area contributed by atoms with Crippen LogP contribution >= 0.6 is 0 Å². The molecule has 13 heavy (non-hydrogen) atoms. The Morgan fingerprint density at radius 3 is 3.00 bits per heavy atom. The van der Waals surface area contributed by atoms with E-state index in [9.17, 15) is 4.79 Å². The fourth-order valence-corrected chi connectivity index (χ4v) is 1.10. The second-order valence-corrected chi connectivity index (χ2v) is 2.97. The quantitative estimate of drug-likeness (QED) is 0.668. The Labute approximate surface area is 76.0 Å². The number of hydrogen-bond donors (Lipinski definition) is 2. The molecule has 1 heterocycles. The van der Waals surface area contributed by atoms with E-state index in [1.807, 2.05) is 0 Å². The van der Waals surface area contributed by atoms with Crippen LogP contribution in [0.3, 0.4) is 0 Å². The average Bonchev–Trinajstić information content (AvgIpc) is 2.03. The van der Waals surface area contributed by atoms with Crippen molar-refractivity contribution in [3.8, 4) is 0 Å². The Bertz CT molecular complexity index is 321. The number of aliphatic hydroxyl groups is 1. The van der Waals surface area contributed by atoms with Crippen molar-refractivity contribution in [3.05, 3.63) is 22.7 Å². The zero-order chi connectivity index (χ0) is 9.84. The van der Waals surface area contributed by atoms with Crippen LogP contribution in [0.4, 0.5) is 5.82 Å². The lowest BCUT2D eigenvalue weighted by Crippen LogP contribution is -2.32. The van der Waals surface area contributed by atoms with Gasteiger partial charge in [-0.25, -0.2) is 4.98 Å². The standard InChI is InChI=1S/C8H13N3O2/c1-6(12)5-11(2)7-8(13)10-4-3-9-7/h3-4,6,12H,5H2,1-2H3,(H,10,13). The third-order valence-electron chi connectivity index (χ3n) is 1.59. The molecular formula is C8H13N3O2. The second kappa shape index (κ2) is 4.04. The molecule has 1 aromatic heterocycles. The van der Waals surface area contributed by atoms with Gasteiger partial charge in [0.2, 0.25) is 0 Å². The Morgan fingerprint density at radius 1 is 1.77 bits per heavy atom. The van der Waals surface area contributed by atoms with E-state index in [2.05, 4.69) is 9.97 Å². The van der Waals surface area contributed by atoms with Crippen LogP contribution in [0, 0.1) is 0 Å². The van der Waals surface area contributed by atoms with Crippen molar-refractivity contribution in [1.29, 1.82) is 0 Å². The van der Waals surface area contributed by atoms with Gasteiger partial charge in [0.05, 0.1) is 6.10 Å². The predicted molar refractivity (Wildman–Crippen MR) is 49.8 cm³/mol. The molecule has 1 unspecified atom stereocenters. The van der Waals surface area contributed by atoms with Gasteiger partial charge in [0, 0.05) is 26.0 Å². The van der Waals surface area contributed by atoms with Crippen molar-refractivity contribution in [1.82, 2.24) is 9.97 Å². The first-order chi connectivity index (χ1) is 6.11. The minimum absolute atomic E-state index is 0.245. The van der Waals surface area contributed by atoms with Crippen molar-refractivity contribution < 1.29 is 5.11 Å². The molecule has 0 amide bonds. The molecule has 5 nitrogen and oxygen atoms in total. The van der Waals surface area contributed by atoms with Gasteiger partial charge in [-0.2, -0.15) is 0 Å². The number of aromatic amines is 1. The van der Waals surface area contributed by atoms with E-state index in [-0.39, 0.29) is 5.56 Å². The molecular weight excluding hydrogens is 170 g/mol. The number of nitrogens with one attached hydrogen (secondary N) is 1. The molecule has 0 bridgehead atoms. The zero-order valence-electron chi connectivity index (χ0n) is 7.69. The summed E-state index contributed by atoms with van der Waals surface area (Å²) >= 11 is 0. The highest BCUT2D eigenvalue weighted by molar-refractivity contribution is 5.33. The first-order valence-corrected chi connectivity index (χ1v) is 4.04. The summed E-state index contributed by atoms with van der Waals surface area (Å²) in [6.07, 6.45) is 2.50. The van der Waals surface area contributed by atoms with E-state index in [4.69, 9.17) is 5.11 Å². The Balaban J connectivity index is 2.83. The summed E-state index contributed by atoms with van der Waals surface area (Å²) in [5, 5.41) is 9.09. The van der Waals surface area contributed by atoms with Crippen LogP contribution in [0.2, 0.25) is 0 Å². The first kappa shape index (κ1) is 9.73. The van der Waals surface area contributed by atoms with Gasteiger partial charge in [0.25, 0.3) is 5.56 Å². The molecule has 0 fully saturated rings. The van der Waals surface area contributed by atoms with Crippen molar-refractivity contribution in [3.63, 3.8) is 0 Å². The second-order valence-electron chi connectivity index (χ2n) is 2.97. The predicted octanol–water partition coefficient (Wildman–Crippen LogP) is -0.413. The molecule has 1 atom stereocenters. The molecule has 1 aromatic rings. The normalized spacial score (nSPS) is 12.5. The van der Waals surface area contributed by atoms with E-state index in [0.29, 0.717) is 12.4 Å². The van der Waals surface area contributed by atoms with E-state index in [1.165, 1.54) is 12.4 Å². The van der Waals surface area contributed by atoms with Crippen molar-refractivity contribution >= 4 is 5.82 Å². The molecule has 0 aliphatic carbocycles. The summed E-state index contributed by atoms with van der Waals surface area (Å²) in [5.41, 5.74) is -0.245. The van der Waals surface area contributed by atoms with Gasteiger partial charge in [-0.15, -0.1) is 0 Å². The number of H-pyrrole nitrogens is 1. The molecule has 72 valence electrons. The summed E-state index contributed by atoms with van der Waals surface area (Å²) in [5.74, 6) is 0.323. The third kappa shape index (κ3) is 2.55. The minimum Gasteiger partial charge on any atom is -0.392 e. The highest BCUT2D eigenvalue weighted by atomic mass is 16.3. The fraction of sp³-hybridized carbons (Fsp3) is 0.500. The maximum Gasteiger partial charge on any atom is 0.290 e. The summed E-state index contributed by atoms with van der Waals surface area (Å²) in [4.78, 5) is 19.2. The maximum absolute atomic E-state index is 11.2. The number of aromatic nitrogens is 2. The average molecular weight is 183 g/mol. The SMILES string of the molecule is CC(O)CN(C)c1ncc[nH]c1=O. The Hall–Kier alpha value is -1.36. The molecule has 0 aliphatic rings. The number of aliphatic hydroxyl groups excluding tert-OH is 1. The summed E-state index contributed by atoms with van der Waals surface area (Å²) in [7, 11) is 1.71. The van der Waals surface area contributed by atoms with Gasteiger partial charge in [0.15, 0.2) is 5.82 Å². The zero-order valence-corrected chi connectivity index (χ0v) is 7.69. The molecule has 1 rings (SSSR count). The molecule has 0 aliphatic heterocycles. The van der Waals surface area contributed by atoms with Crippen LogP contribution in [0.5, 0.6) is 0 Å². The van der Waals surface area contributed by atoms with Crippen LogP contribution in [-0.4, -0.2) is 34.8 Å². The van der Waals surface area contributed by atoms with E-state index in [0.717, 1.165) is 0 Å². The van der Waals surface area contributed by atoms with Gasteiger partial charge >= 0.3 is 0 Å². The van der Waals surface area contributed by atoms with E-state index < -0.39 is 6.10 Å². The molecule has 2 N–H and O–H groups in total. The summed E-state index contributed by atoms with van der Waals surface area (Å²) in [6, 6.07) is 0. The molecule has 0 spiro atoms. The number of hydrogen-bond acceptors (Lipinski definition) is 4. The van der Waals surface area contributed by atoms with Crippen LogP contribution in [0.25, 0.3) is 0 Å². The van der Waals surface area contributed by atoms with Crippen LogP contribution in [0.15, 0.2) is 17.2 Å². The number of anilines is 1. The van der Waals surface area contributed by atoms with E-state index in [1.54, 1.807) is 18.9 Å². The molecule has 0 saturated heterocycles. The number of rotatable bonds is 3. The highest BCUT2D eigenvalue weighted by Crippen LogP contribution is 1.99. The van der Waals surface area contributed by atoms with Crippen LogP contribution in [-0.2, 0) is 0 Å². The number of likely N-dealkylation sites (N-methyl/N-ethyl adjacent to an activating group) is 1. The highest BCUT2D eigenvalue weighted by Gasteiger charge is 2.08. The lowest BCUT2D eigenvalue weighted by atomic mass is 10.4. The van der Waals surface area contributed by atoms with Crippen LogP contribution in [0.1, 0.15) is 6.92 Å². The number of nitrogens with zero attached hydrogens (tertiary/aromatic N) is 2. The van der Waals surface area contributed by atoms with Crippen molar-refractivity contribution in [2.75, 3.05) is 18.5 Å². The van der Waals surface area contributed by atoms with Crippen molar-refractivity contribution in [2.45, 2.75) is 13.0 Å². The Kier molecular flexibility index (Phi) is 3.02. The molecule has 0 aromatic carbocycles.